The van der Waals surface area contributed by atoms with Gasteiger partial charge >= 0.3 is 0 Å². The summed E-state index contributed by atoms with van der Waals surface area (Å²) >= 11 is 5.03. The summed E-state index contributed by atoms with van der Waals surface area (Å²) in [6.45, 7) is 4.03. The molecule has 2 rings (SSSR count). The van der Waals surface area contributed by atoms with Crippen LogP contribution in [0.5, 0.6) is 0 Å². The van der Waals surface area contributed by atoms with Crippen molar-refractivity contribution < 1.29 is 4.79 Å². The number of hydrogen-bond acceptors (Lipinski definition) is 2. The Bertz CT molecular complexity index is 501. The van der Waals surface area contributed by atoms with E-state index in [1.165, 1.54) is 5.56 Å². The highest BCUT2D eigenvalue weighted by Gasteiger charge is 2.32. The molecular formula is C15H20N2OS. The Kier molecular flexibility index (Phi) is 4.20. The molecule has 0 aliphatic carbocycles. The summed E-state index contributed by atoms with van der Waals surface area (Å²) < 4.78 is 0. The normalized spacial score (nSPS) is 19.7. The summed E-state index contributed by atoms with van der Waals surface area (Å²) in [4.78, 5) is 14.9. The van der Waals surface area contributed by atoms with Gasteiger partial charge in [0.1, 0.15) is 0 Å². The molecular weight excluding hydrogens is 256 g/mol. The number of benzene rings is 1. The molecule has 0 saturated heterocycles. The van der Waals surface area contributed by atoms with Crippen molar-refractivity contribution in [3.8, 4) is 0 Å². The molecule has 0 aromatic heterocycles. The minimum Gasteiger partial charge on any atom is -0.393 e. The molecule has 1 aliphatic rings. The first-order chi connectivity index (χ1) is 9.06. The fourth-order valence-corrected chi connectivity index (χ4v) is 2.96. The molecule has 0 fully saturated rings. The lowest BCUT2D eigenvalue weighted by molar-refractivity contribution is -0.121. The molecule has 2 unspecified atom stereocenters. The van der Waals surface area contributed by atoms with Crippen LogP contribution in [0.2, 0.25) is 0 Å². The number of thiocarbonyl (C=S) groups is 1. The zero-order valence-electron chi connectivity index (χ0n) is 11.4. The smallest absolute Gasteiger partial charge is 0.237 e. The third kappa shape index (κ3) is 2.63. The number of carbonyl (C=O) groups excluding carboxylic acids is 1. The van der Waals surface area contributed by atoms with Crippen LogP contribution in [-0.4, -0.2) is 16.9 Å². The van der Waals surface area contributed by atoms with Gasteiger partial charge < -0.3 is 10.6 Å². The van der Waals surface area contributed by atoms with Gasteiger partial charge in [0.25, 0.3) is 0 Å². The summed E-state index contributed by atoms with van der Waals surface area (Å²) in [6.07, 6.45) is 2.65. The van der Waals surface area contributed by atoms with E-state index in [0.717, 1.165) is 18.5 Å². The van der Waals surface area contributed by atoms with E-state index in [9.17, 15) is 4.79 Å². The highest BCUT2D eigenvalue weighted by molar-refractivity contribution is 7.80. The van der Waals surface area contributed by atoms with Crippen molar-refractivity contribution >= 4 is 28.8 Å². The van der Waals surface area contributed by atoms with Gasteiger partial charge in [0.15, 0.2) is 0 Å². The largest absolute Gasteiger partial charge is 0.393 e. The predicted molar refractivity (Wildman–Crippen MR) is 82.3 cm³/mol. The number of anilines is 1. The van der Waals surface area contributed by atoms with Crippen molar-refractivity contribution in [2.45, 2.75) is 39.2 Å². The molecule has 1 aliphatic heterocycles. The molecule has 0 spiro atoms. The minimum atomic E-state index is -0.358. The van der Waals surface area contributed by atoms with Crippen molar-refractivity contribution in [2.75, 3.05) is 4.90 Å². The van der Waals surface area contributed by atoms with E-state index < -0.39 is 0 Å². The lowest BCUT2D eigenvalue weighted by atomic mass is 9.94. The van der Waals surface area contributed by atoms with Crippen LogP contribution in [-0.2, 0) is 11.2 Å². The van der Waals surface area contributed by atoms with Crippen LogP contribution in [0.15, 0.2) is 24.3 Å². The van der Waals surface area contributed by atoms with E-state index in [-0.39, 0.29) is 17.9 Å². The quantitative estimate of drug-likeness (QED) is 0.863. The Morgan fingerprint density at radius 2 is 2.21 bits per heavy atom. The molecule has 1 aromatic carbocycles. The highest BCUT2D eigenvalue weighted by Crippen LogP contribution is 2.32. The van der Waals surface area contributed by atoms with Crippen LogP contribution >= 0.6 is 12.2 Å². The topological polar surface area (TPSA) is 46.3 Å². The average molecular weight is 276 g/mol. The van der Waals surface area contributed by atoms with Gasteiger partial charge in [-0.25, -0.2) is 0 Å². The fraction of sp³-hybridized carbons (Fsp3) is 0.467. The fourth-order valence-electron chi connectivity index (χ4n) is 2.69. The van der Waals surface area contributed by atoms with E-state index in [4.69, 9.17) is 18.0 Å². The maximum atomic E-state index is 12.7. The third-order valence-corrected chi connectivity index (χ3v) is 4.10. The summed E-state index contributed by atoms with van der Waals surface area (Å²) in [6, 6.07) is 8.28. The Labute approximate surface area is 119 Å². The van der Waals surface area contributed by atoms with Gasteiger partial charge in [-0.1, -0.05) is 37.3 Å². The van der Waals surface area contributed by atoms with Crippen molar-refractivity contribution in [1.29, 1.82) is 0 Å². The SMILES string of the molecule is CCC(C(=O)N1c2ccccc2CCC1C)C(N)=S. The second-order valence-electron chi connectivity index (χ2n) is 5.09. The number of nitrogens with zero attached hydrogens (tertiary/aromatic N) is 1. The number of nitrogens with two attached hydrogens (primary N) is 1. The monoisotopic (exact) mass is 276 g/mol. The van der Waals surface area contributed by atoms with Crippen molar-refractivity contribution in [3.05, 3.63) is 29.8 Å². The van der Waals surface area contributed by atoms with Crippen LogP contribution in [0, 0.1) is 5.92 Å². The number of amides is 1. The second-order valence-corrected chi connectivity index (χ2v) is 5.56. The number of fused-ring (bicyclic) bond motifs is 1. The summed E-state index contributed by atoms with van der Waals surface area (Å²) in [7, 11) is 0. The third-order valence-electron chi connectivity index (χ3n) is 3.81. The lowest BCUT2D eigenvalue weighted by Gasteiger charge is -2.37. The molecule has 0 radical (unpaired) electrons. The van der Waals surface area contributed by atoms with Crippen LogP contribution in [0.3, 0.4) is 0 Å². The molecule has 1 aromatic rings. The standard InChI is InChI=1S/C15H20N2OS/c1-3-12(14(16)19)15(18)17-10(2)8-9-11-6-4-5-7-13(11)17/h4-7,10,12H,3,8-9H2,1-2H3,(H2,16,19). The number of rotatable bonds is 3. The van der Waals surface area contributed by atoms with E-state index in [2.05, 4.69) is 13.0 Å². The number of aryl methyl sites for hydroxylation is 1. The van der Waals surface area contributed by atoms with Crippen molar-refractivity contribution in [2.24, 2.45) is 11.7 Å². The molecule has 2 N–H and O–H groups in total. The molecule has 102 valence electrons. The van der Waals surface area contributed by atoms with Gasteiger partial charge in [0.05, 0.1) is 10.9 Å². The molecule has 0 bridgehead atoms. The summed E-state index contributed by atoms with van der Waals surface area (Å²) in [5, 5.41) is 0. The van der Waals surface area contributed by atoms with E-state index >= 15 is 0 Å². The lowest BCUT2D eigenvalue weighted by Crippen LogP contribution is -2.47. The molecule has 4 heteroatoms. The first-order valence-electron chi connectivity index (χ1n) is 6.76. The zero-order chi connectivity index (χ0) is 14.0. The molecule has 1 heterocycles. The number of para-hydroxylation sites is 1. The van der Waals surface area contributed by atoms with Gasteiger partial charge in [-0.05, 0) is 37.8 Å². The second kappa shape index (κ2) is 5.70. The van der Waals surface area contributed by atoms with Crippen molar-refractivity contribution in [3.63, 3.8) is 0 Å². The van der Waals surface area contributed by atoms with Crippen LogP contribution in [0.1, 0.15) is 32.3 Å². The highest BCUT2D eigenvalue weighted by atomic mass is 32.1. The van der Waals surface area contributed by atoms with Gasteiger partial charge in [-0.2, -0.15) is 0 Å². The Balaban J connectivity index is 2.38. The Morgan fingerprint density at radius 1 is 1.53 bits per heavy atom. The van der Waals surface area contributed by atoms with E-state index in [0.29, 0.717) is 11.4 Å². The maximum absolute atomic E-state index is 12.7. The van der Waals surface area contributed by atoms with E-state index in [1.807, 2.05) is 30.0 Å². The van der Waals surface area contributed by atoms with Gasteiger partial charge in [0.2, 0.25) is 5.91 Å². The molecule has 0 saturated carbocycles. The molecule has 1 amide bonds. The number of carbonyl (C=O) groups is 1. The number of hydrogen-bond donors (Lipinski definition) is 1. The van der Waals surface area contributed by atoms with E-state index in [1.54, 1.807) is 0 Å². The summed E-state index contributed by atoms with van der Waals surface area (Å²) in [5.41, 5.74) is 7.95. The van der Waals surface area contributed by atoms with Crippen LogP contribution in [0.25, 0.3) is 0 Å². The molecule has 2 atom stereocenters. The minimum absolute atomic E-state index is 0.0367. The molecule has 19 heavy (non-hydrogen) atoms. The Morgan fingerprint density at radius 3 is 2.84 bits per heavy atom. The van der Waals surface area contributed by atoms with Crippen LogP contribution in [0.4, 0.5) is 5.69 Å². The first-order valence-corrected chi connectivity index (χ1v) is 7.17. The van der Waals surface area contributed by atoms with Gasteiger partial charge in [0, 0.05) is 11.7 Å². The maximum Gasteiger partial charge on any atom is 0.237 e. The van der Waals surface area contributed by atoms with Crippen LogP contribution < -0.4 is 10.6 Å². The first kappa shape index (κ1) is 14.0. The molecule has 3 nitrogen and oxygen atoms in total. The predicted octanol–water partition coefficient (Wildman–Crippen LogP) is 2.67. The zero-order valence-corrected chi connectivity index (χ0v) is 12.2. The van der Waals surface area contributed by atoms with Gasteiger partial charge in [-0.3, -0.25) is 4.79 Å². The average Bonchev–Trinajstić information content (AvgIpc) is 2.38. The van der Waals surface area contributed by atoms with Gasteiger partial charge in [-0.15, -0.1) is 0 Å². The Hall–Kier alpha value is -1.42. The summed E-state index contributed by atoms with van der Waals surface area (Å²) in [5.74, 6) is -0.321. The van der Waals surface area contributed by atoms with Crippen molar-refractivity contribution in [1.82, 2.24) is 0 Å².